The number of rotatable bonds is 6. The number of methoxy groups -OCH3 is 2. The van der Waals surface area contributed by atoms with Crippen LogP contribution in [-0.2, 0) is 0 Å². The first kappa shape index (κ1) is 19.1. The van der Waals surface area contributed by atoms with Gasteiger partial charge in [0, 0.05) is 28.6 Å². The van der Waals surface area contributed by atoms with E-state index in [1.54, 1.807) is 50.6 Å². The minimum absolute atomic E-state index is 0.0157. The second kappa shape index (κ2) is 8.33. The van der Waals surface area contributed by atoms with Crippen molar-refractivity contribution in [3.63, 3.8) is 0 Å². The van der Waals surface area contributed by atoms with Crippen molar-refractivity contribution in [3.05, 3.63) is 68.5 Å². The minimum Gasteiger partial charge on any atom is -0.497 e. The number of hydrogen-bond donors (Lipinski definition) is 0. The van der Waals surface area contributed by atoms with Gasteiger partial charge in [0.05, 0.1) is 30.4 Å². The summed E-state index contributed by atoms with van der Waals surface area (Å²) in [4.78, 5) is 14.8. The van der Waals surface area contributed by atoms with Crippen LogP contribution < -0.4 is 9.47 Å². The molecule has 0 aliphatic heterocycles. The van der Waals surface area contributed by atoms with Gasteiger partial charge in [0.1, 0.15) is 22.6 Å². The molecule has 0 atom stereocenters. The molecule has 0 bridgehead atoms. The van der Waals surface area contributed by atoms with Gasteiger partial charge in [-0.25, -0.2) is 4.98 Å². The molecule has 0 amide bonds. The molecule has 2 aromatic carbocycles. The highest BCUT2D eigenvalue weighted by Gasteiger charge is 2.12. The van der Waals surface area contributed by atoms with Gasteiger partial charge >= 0.3 is 0 Å². The van der Waals surface area contributed by atoms with Crippen LogP contribution in [0.2, 0.25) is 0 Å². The Morgan fingerprint density at radius 1 is 1.21 bits per heavy atom. The van der Waals surface area contributed by atoms with E-state index in [-0.39, 0.29) is 5.69 Å². The van der Waals surface area contributed by atoms with Crippen molar-refractivity contribution >= 4 is 28.7 Å². The molecular formula is C20H15N3O4S. The molecule has 0 saturated heterocycles. The Hall–Kier alpha value is -3.70. The quantitative estimate of drug-likeness (QED) is 0.339. The molecule has 1 aromatic heterocycles. The fourth-order valence-electron chi connectivity index (χ4n) is 2.53. The van der Waals surface area contributed by atoms with Crippen LogP contribution in [0.5, 0.6) is 11.5 Å². The van der Waals surface area contributed by atoms with Crippen molar-refractivity contribution in [1.82, 2.24) is 4.98 Å². The Bertz CT molecular complexity index is 1080. The molecule has 0 saturated carbocycles. The number of nitrogens with zero attached hydrogens (tertiary/aromatic N) is 3. The summed E-state index contributed by atoms with van der Waals surface area (Å²) in [6.07, 6.45) is 1.69. The van der Waals surface area contributed by atoms with E-state index in [4.69, 9.17) is 9.47 Å². The van der Waals surface area contributed by atoms with Gasteiger partial charge in [0.15, 0.2) is 0 Å². The second-order valence-corrected chi connectivity index (χ2v) is 6.48. The average molecular weight is 393 g/mol. The summed E-state index contributed by atoms with van der Waals surface area (Å²) in [5.41, 5.74) is 2.48. The van der Waals surface area contributed by atoms with E-state index in [1.807, 2.05) is 5.38 Å². The Morgan fingerprint density at radius 2 is 1.96 bits per heavy atom. The smallest absolute Gasteiger partial charge is 0.269 e. The van der Waals surface area contributed by atoms with Crippen LogP contribution in [0.3, 0.4) is 0 Å². The average Bonchev–Trinajstić information content (AvgIpc) is 3.21. The number of benzene rings is 2. The van der Waals surface area contributed by atoms with Crippen molar-refractivity contribution in [1.29, 1.82) is 5.26 Å². The Labute approximate surface area is 165 Å². The van der Waals surface area contributed by atoms with Crippen LogP contribution in [0.4, 0.5) is 5.69 Å². The van der Waals surface area contributed by atoms with Crippen LogP contribution in [0.25, 0.3) is 22.9 Å². The topological polar surface area (TPSA) is 98.3 Å². The zero-order chi connectivity index (χ0) is 20.1. The summed E-state index contributed by atoms with van der Waals surface area (Å²) >= 11 is 1.32. The lowest BCUT2D eigenvalue weighted by Crippen LogP contribution is -1.90. The molecule has 7 nitrogen and oxygen atoms in total. The van der Waals surface area contributed by atoms with Gasteiger partial charge in [0.25, 0.3) is 5.69 Å². The molecule has 0 N–H and O–H groups in total. The van der Waals surface area contributed by atoms with Crippen LogP contribution in [0.15, 0.2) is 47.8 Å². The fourth-order valence-corrected chi connectivity index (χ4v) is 3.33. The summed E-state index contributed by atoms with van der Waals surface area (Å²) in [6.45, 7) is 0. The number of allylic oxidation sites excluding steroid dienone is 1. The van der Waals surface area contributed by atoms with Gasteiger partial charge in [-0.2, -0.15) is 5.26 Å². The number of nitriles is 1. The molecular weight excluding hydrogens is 378 g/mol. The normalized spacial score (nSPS) is 11.0. The van der Waals surface area contributed by atoms with Gasteiger partial charge in [0.2, 0.25) is 0 Å². The van der Waals surface area contributed by atoms with Crippen molar-refractivity contribution < 1.29 is 14.4 Å². The standard InChI is InChI=1S/C20H15N3O4S/c1-26-17-7-8-19(27-2)14(10-17)9-15(11-21)20-22-18(12-28-20)13-3-5-16(6-4-13)23(24)25/h3-10,12H,1-2H3/b15-9+. The zero-order valence-corrected chi connectivity index (χ0v) is 15.9. The van der Waals surface area contributed by atoms with E-state index in [9.17, 15) is 15.4 Å². The van der Waals surface area contributed by atoms with E-state index in [0.717, 1.165) is 5.56 Å². The molecule has 28 heavy (non-hydrogen) atoms. The first-order chi connectivity index (χ1) is 13.5. The number of nitro groups is 1. The van der Waals surface area contributed by atoms with Gasteiger partial charge in [-0.3, -0.25) is 10.1 Å². The summed E-state index contributed by atoms with van der Waals surface area (Å²) in [5, 5.41) is 22.7. The fraction of sp³-hybridized carbons (Fsp3) is 0.100. The number of thiazole rings is 1. The van der Waals surface area contributed by atoms with Crippen LogP contribution in [-0.4, -0.2) is 24.1 Å². The molecule has 140 valence electrons. The van der Waals surface area contributed by atoms with Crippen molar-refractivity contribution in [2.24, 2.45) is 0 Å². The molecule has 0 spiro atoms. The largest absolute Gasteiger partial charge is 0.497 e. The van der Waals surface area contributed by atoms with Crippen LogP contribution in [0, 0.1) is 21.4 Å². The van der Waals surface area contributed by atoms with Crippen molar-refractivity contribution in [2.45, 2.75) is 0 Å². The maximum Gasteiger partial charge on any atom is 0.269 e. The first-order valence-corrected chi connectivity index (χ1v) is 8.98. The van der Waals surface area contributed by atoms with Crippen LogP contribution in [0.1, 0.15) is 10.6 Å². The number of ether oxygens (including phenoxy) is 2. The predicted octanol–water partition coefficient (Wildman–Crippen LogP) is 4.80. The van der Waals surface area contributed by atoms with Gasteiger partial charge in [-0.15, -0.1) is 11.3 Å². The molecule has 0 radical (unpaired) electrons. The highest BCUT2D eigenvalue weighted by Crippen LogP contribution is 2.31. The summed E-state index contributed by atoms with van der Waals surface area (Å²) in [5.74, 6) is 1.26. The van der Waals surface area contributed by atoms with Crippen molar-refractivity contribution in [3.8, 4) is 28.8 Å². The highest BCUT2D eigenvalue weighted by atomic mass is 32.1. The molecule has 0 aliphatic carbocycles. The van der Waals surface area contributed by atoms with Crippen LogP contribution >= 0.6 is 11.3 Å². The molecule has 0 unspecified atom stereocenters. The van der Waals surface area contributed by atoms with Gasteiger partial charge in [-0.05, 0) is 36.4 Å². The first-order valence-electron chi connectivity index (χ1n) is 8.10. The Kier molecular flexibility index (Phi) is 5.67. The van der Waals surface area contributed by atoms with E-state index in [2.05, 4.69) is 11.1 Å². The Balaban J connectivity index is 1.96. The van der Waals surface area contributed by atoms with E-state index >= 15 is 0 Å². The third-order valence-electron chi connectivity index (χ3n) is 3.97. The lowest BCUT2D eigenvalue weighted by Gasteiger charge is -2.07. The summed E-state index contributed by atoms with van der Waals surface area (Å²) in [6, 6.07) is 13.6. The SMILES string of the molecule is COc1ccc(OC)c(/C=C(\C#N)c2nc(-c3ccc([N+](=O)[O-])cc3)cs2)c1. The lowest BCUT2D eigenvalue weighted by atomic mass is 10.1. The van der Waals surface area contributed by atoms with Gasteiger partial charge in [-0.1, -0.05) is 0 Å². The number of aromatic nitrogens is 1. The molecule has 3 aromatic rings. The second-order valence-electron chi connectivity index (χ2n) is 5.62. The predicted molar refractivity (Wildman–Crippen MR) is 107 cm³/mol. The number of nitro benzene ring substituents is 1. The Morgan fingerprint density at radius 3 is 2.57 bits per heavy atom. The third-order valence-corrected chi connectivity index (χ3v) is 4.84. The van der Waals surface area contributed by atoms with E-state index in [0.29, 0.717) is 33.3 Å². The highest BCUT2D eigenvalue weighted by molar-refractivity contribution is 7.11. The van der Waals surface area contributed by atoms with E-state index in [1.165, 1.54) is 23.5 Å². The van der Waals surface area contributed by atoms with Gasteiger partial charge < -0.3 is 9.47 Å². The number of hydrogen-bond acceptors (Lipinski definition) is 7. The molecule has 8 heteroatoms. The lowest BCUT2D eigenvalue weighted by molar-refractivity contribution is -0.384. The molecule has 0 fully saturated rings. The molecule has 0 aliphatic rings. The molecule has 3 rings (SSSR count). The monoisotopic (exact) mass is 393 g/mol. The zero-order valence-electron chi connectivity index (χ0n) is 15.1. The number of non-ortho nitro benzene ring substituents is 1. The maximum atomic E-state index is 10.8. The minimum atomic E-state index is -0.450. The van der Waals surface area contributed by atoms with Crippen molar-refractivity contribution in [2.75, 3.05) is 14.2 Å². The summed E-state index contributed by atoms with van der Waals surface area (Å²) in [7, 11) is 3.12. The maximum absolute atomic E-state index is 10.8. The third kappa shape index (κ3) is 4.00. The molecule has 1 heterocycles. The summed E-state index contributed by atoms with van der Waals surface area (Å²) < 4.78 is 10.6. The van der Waals surface area contributed by atoms with E-state index < -0.39 is 4.92 Å².